The van der Waals surface area contributed by atoms with Crippen molar-refractivity contribution in [2.45, 2.75) is 32.4 Å². The first-order valence-corrected chi connectivity index (χ1v) is 7.46. The van der Waals surface area contributed by atoms with Gasteiger partial charge in [-0.15, -0.1) is 0 Å². The predicted molar refractivity (Wildman–Crippen MR) is 66.0 cm³/mol. The van der Waals surface area contributed by atoms with Crippen molar-refractivity contribution in [3.05, 3.63) is 0 Å². The van der Waals surface area contributed by atoms with Gasteiger partial charge >= 0.3 is 0 Å². The molecule has 1 aliphatic heterocycles. The maximum absolute atomic E-state index is 11.7. The Hall–Kier alpha value is -0.170. The van der Waals surface area contributed by atoms with Gasteiger partial charge in [-0.1, -0.05) is 13.8 Å². The zero-order valence-corrected chi connectivity index (χ0v) is 11.2. The largest absolute Gasteiger partial charge is 0.313 e. The minimum atomic E-state index is -3.12. The fourth-order valence-corrected chi connectivity index (χ4v) is 3.03. The lowest BCUT2D eigenvalue weighted by atomic mass is 10.3. The van der Waals surface area contributed by atoms with Crippen molar-refractivity contribution in [3.8, 4) is 0 Å². The minimum absolute atomic E-state index is 0.0917. The van der Waals surface area contributed by atoms with Crippen molar-refractivity contribution in [2.24, 2.45) is 0 Å². The molecule has 0 amide bonds. The van der Waals surface area contributed by atoms with Crippen molar-refractivity contribution in [2.75, 3.05) is 32.4 Å². The molecular weight excluding hydrogens is 226 g/mol. The molecule has 16 heavy (non-hydrogen) atoms. The smallest absolute Gasteiger partial charge is 0.213 e. The van der Waals surface area contributed by atoms with E-state index in [1.165, 1.54) is 0 Å². The van der Waals surface area contributed by atoms with Crippen LogP contribution in [0, 0.1) is 0 Å². The van der Waals surface area contributed by atoms with Gasteiger partial charge in [0.1, 0.15) is 0 Å². The highest BCUT2D eigenvalue weighted by atomic mass is 32.2. The molecule has 96 valence electrons. The maximum atomic E-state index is 11.7. The van der Waals surface area contributed by atoms with Crippen molar-refractivity contribution in [1.82, 2.24) is 14.9 Å². The molecule has 1 saturated heterocycles. The zero-order chi connectivity index (χ0) is 12.2. The number of likely N-dealkylation sites (N-methyl/N-ethyl adjacent to an activating group) is 1. The van der Waals surface area contributed by atoms with E-state index in [1.54, 1.807) is 0 Å². The fraction of sp³-hybridized carbons (Fsp3) is 1.00. The Morgan fingerprint density at radius 1 is 1.44 bits per heavy atom. The summed E-state index contributed by atoms with van der Waals surface area (Å²) in [4.78, 5) is 2.14. The Morgan fingerprint density at radius 2 is 2.12 bits per heavy atom. The van der Waals surface area contributed by atoms with Crippen LogP contribution in [-0.4, -0.2) is 57.8 Å². The standard InChI is InChI=1S/C10H23N3O2S/c1-9(2)11-5-7-16(14,15)12-10-4-6-13(3)8-10/h9-12H,4-8H2,1-3H3. The van der Waals surface area contributed by atoms with Crippen LogP contribution in [0.4, 0.5) is 0 Å². The first kappa shape index (κ1) is 13.9. The molecule has 1 atom stereocenters. The van der Waals surface area contributed by atoms with E-state index in [-0.39, 0.29) is 11.8 Å². The number of nitrogens with one attached hydrogen (secondary N) is 2. The minimum Gasteiger partial charge on any atom is -0.313 e. The molecule has 0 aliphatic carbocycles. The Balaban J connectivity index is 2.28. The van der Waals surface area contributed by atoms with Crippen LogP contribution in [0.3, 0.4) is 0 Å². The molecule has 1 rings (SSSR count). The van der Waals surface area contributed by atoms with Gasteiger partial charge in [0.25, 0.3) is 0 Å². The molecule has 0 aromatic rings. The highest BCUT2D eigenvalue weighted by Gasteiger charge is 2.23. The highest BCUT2D eigenvalue weighted by Crippen LogP contribution is 2.07. The van der Waals surface area contributed by atoms with Crippen LogP contribution in [0.2, 0.25) is 0 Å². The number of sulfonamides is 1. The van der Waals surface area contributed by atoms with E-state index in [1.807, 2.05) is 20.9 Å². The predicted octanol–water partition coefficient (Wildman–Crippen LogP) is -0.392. The van der Waals surface area contributed by atoms with Gasteiger partial charge in [-0.3, -0.25) is 0 Å². The van der Waals surface area contributed by atoms with Gasteiger partial charge < -0.3 is 10.2 Å². The van der Waals surface area contributed by atoms with E-state index in [9.17, 15) is 8.42 Å². The molecule has 0 saturated carbocycles. The van der Waals surface area contributed by atoms with Gasteiger partial charge in [0.2, 0.25) is 10.0 Å². The molecule has 2 N–H and O–H groups in total. The van der Waals surface area contributed by atoms with Gasteiger partial charge in [-0.2, -0.15) is 0 Å². The first-order chi connectivity index (χ1) is 7.39. The Bertz CT molecular complexity index is 303. The third kappa shape index (κ3) is 5.25. The number of nitrogens with zero attached hydrogens (tertiary/aromatic N) is 1. The van der Waals surface area contributed by atoms with Gasteiger partial charge in [-0.05, 0) is 20.0 Å². The molecule has 1 fully saturated rings. The Kier molecular flexibility index (Phi) is 5.17. The summed E-state index contributed by atoms with van der Waals surface area (Å²) in [6.45, 7) is 6.31. The second kappa shape index (κ2) is 5.95. The topological polar surface area (TPSA) is 61.4 Å². The summed E-state index contributed by atoms with van der Waals surface area (Å²) in [5.41, 5.74) is 0. The van der Waals surface area contributed by atoms with Crippen molar-refractivity contribution < 1.29 is 8.42 Å². The van der Waals surface area contributed by atoms with Crippen LogP contribution in [0.15, 0.2) is 0 Å². The summed E-state index contributed by atoms with van der Waals surface area (Å²) in [5, 5.41) is 3.11. The van der Waals surface area contributed by atoms with Crippen LogP contribution in [0.5, 0.6) is 0 Å². The van der Waals surface area contributed by atoms with Crippen molar-refractivity contribution in [1.29, 1.82) is 0 Å². The van der Waals surface area contributed by atoms with E-state index < -0.39 is 10.0 Å². The lowest BCUT2D eigenvalue weighted by Crippen LogP contribution is -2.40. The molecule has 5 nitrogen and oxygen atoms in total. The molecule has 1 unspecified atom stereocenters. The molecule has 1 aliphatic rings. The van der Waals surface area contributed by atoms with E-state index >= 15 is 0 Å². The molecule has 0 radical (unpaired) electrons. The first-order valence-electron chi connectivity index (χ1n) is 5.81. The summed E-state index contributed by atoms with van der Waals surface area (Å²) in [5.74, 6) is 0.158. The number of hydrogen-bond donors (Lipinski definition) is 2. The average molecular weight is 249 g/mol. The van der Waals surface area contributed by atoms with Crippen LogP contribution < -0.4 is 10.0 Å². The average Bonchev–Trinajstić information content (AvgIpc) is 2.48. The van der Waals surface area contributed by atoms with E-state index in [0.717, 1.165) is 19.5 Å². The molecule has 1 heterocycles. The number of hydrogen-bond acceptors (Lipinski definition) is 4. The van der Waals surface area contributed by atoms with Gasteiger partial charge in [0.15, 0.2) is 0 Å². The maximum Gasteiger partial charge on any atom is 0.213 e. The molecule has 6 heteroatoms. The summed E-state index contributed by atoms with van der Waals surface area (Å²) in [6.07, 6.45) is 0.910. The monoisotopic (exact) mass is 249 g/mol. The second-order valence-corrected chi connectivity index (χ2v) is 6.67. The second-order valence-electron chi connectivity index (χ2n) is 4.79. The molecule has 0 spiro atoms. The van der Waals surface area contributed by atoms with Crippen molar-refractivity contribution in [3.63, 3.8) is 0 Å². The summed E-state index contributed by atoms with van der Waals surface area (Å²) in [7, 11) is -1.11. The van der Waals surface area contributed by atoms with Crippen LogP contribution in [-0.2, 0) is 10.0 Å². The molecule has 0 aromatic heterocycles. The summed E-state index contributed by atoms with van der Waals surface area (Å²) >= 11 is 0. The third-order valence-electron chi connectivity index (χ3n) is 2.66. The highest BCUT2D eigenvalue weighted by molar-refractivity contribution is 7.89. The zero-order valence-electron chi connectivity index (χ0n) is 10.4. The normalized spacial score (nSPS) is 23.1. The number of likely N-dealkylation sites (tertiary alicyclic amines) is 1. The van der Waals surface area contributed by atoms with E-state index in [2.05, 4.69) is 14.9 Å². The van der Waals surface area contributed by atoms with Crippen LogP contribution >= 0.6 is 0 Å². The Morgan fingerprint density at radius 3 is 2.62 bits per heavy atom. The lowest BCUT2D eigenvalue weighted by molar-refractivity contribution is 0.407. The third-order valence-corrected chi connectivity index (χ3v) is 4.09. The SMILES string of the molecule is CC(C)NCCS(=O)(=O)NC1CCN(C)C1. The van der Waals surface area contributed by atoms with Crippen molar-refractivity contribution >= 4 is 10.0 Å². The van der Waals surface area contributed by atoms with Gasteiger partial charge in [-0.25, -0.2) is 13.1 Å². The Labute approximate surface area is 98.6 Å². The number of rotatable bonds is 6. The summed E-state index contributed by atoms with van der Waals surface area (Å²) in [6, 6.07) is 0.418. The van der Waals surface area contributed by atoms with Gasteiger partial charge in [0.05, 0.1) is 5.75 Å². The van der Waals surface area contributed by atoms with E-state index in [0.29, 0.717) is 12.6 Å². The molecular formula is C10H23N3O2S. The quantitative estimate of drug-likeness (QED) is 0.673. The lowest BCUT2D eigenvalue weighted by Gasteiger charge is -2.14. The van der Waals surface area contributed by atoms with Crippen LogP contribution in [0.25, 0.3) is 0 Å². The fourth-order valence-electron chi connectivity index (χ4n) is 1.83. The van der Waals surface area contributed by atoms with E-state index in [4.69, 9.17) is 0 Å². The van der Waals surface area contributed by atoms with Gasteiger partial charge in [0, 0.05) is 25.2 Å². The molecule has 0 bridgehead atoms. The molecule has 0 aromatic carbocycles. The van der Waals surface area contributed by atoms with Crippen LogP contribution in [0.1, 0.15) is 20.3 Å². The summed E-state index contributed by atoms with van der Waals surface area (Å²) < 4.78 is 26.2.